The average molecular weight is 590 g/mol. The monoisotopic (exact) mass is 589 g/mol. The summed E-state index contributed by atoms with van der Waals surface area (Å²) in [7, 11) is 1.50. The van der Waals surface area contributed by atoms with E-state index in [0.29, 0.717) is 41.2 Å². The minimum Gasteiger partial charge on any atom is -0.493 e. The van der Waals surface area contributed by atoms with Gasteiger partial charge in [-0.2, -0.15) is 0 Å². The number of nitrogens with zero attached hydrogens (tertiary/aromatic N) is 1. The third kappa shape index (κ3) is 5.50. The number of carbonyl (C=O) groups excluding carboxylic acids is 2. The van der Waals surface area contributed by atoms with Crippen LogP contribution in [0.2, 0.25) is 0 Å². The summed E-state index contributed by atoms with van der Waals surface area (Å²) in [5, 5.41) is 35.1. The summed E-state index contributed by atoms with van der Waals surface area (Å²) >= 11 is 0. The maximum absolute atomic E-state index is 14.1. The van der Waals surface area contributed by atoms with Crippen LogP contribution in [0.15, 0.2) is 54.1 Å². The van der Waals surface area contributed by atoms with E-state index in [0.717, 1.165) is 42.3 Å². The van der Waals surface area contributed by atoms with E-state index in [2.05, 4.69) is 16.4 Å². The summed E-state index contributed by atoms with van der Waals surface area (Å²) in [4.78, 5) is 32.8. The summed E-state index contributed by atoms with van der Waals surface area (Å²) in [6.45, 7) is -0.0707. The summed E-state index contributed by atoms with van der Waals surface area (Å²) in [6, 6.07) is 12.7. The van der Waals surface area contributed by atoms with E-state index in [1.807, 2.05) is 24.3 Å². The third-order valence-electron chi connectivity index (χ3n) is 9.05. The predicted octanol–water partition coefficient (Wildman–Crippen LogP) is 2.55. The van der Waals surface area contributed by atoms with Crippen LogP contribution in [0.4, 0.5) is 0 Å². The van der Waals surface area contributed by atoms with Crippen LogP contribution in [0, 0.1) is 5.92 Å². The van der Waals surface area contributed by atoms with Gasteiger partial charge >= 0.3 is 0 Å². The van der Waals surface area contributed by atoms with Crippen LogP contribution < -0.4 is 14.8 Å². The fraction of sp³-hybridized carbons (Fsp3) is 0.455. The Morgan fingerprint density at radius 3 is 2.65 bits per heavy atom. The van der Waals surface area contributed by atoms with Crippen LogP contribution in [-0.4, -0.2) is 82.1 Å². The molecule has 1 fully saturated rings. The standard InChI is InChI=1S/C33H39N3O7/c1-42-27-15-19(18-38)14-23-28-24(32(40)34-11-13-37)17-26(29(39)31(28)43-30(23)27)36(33(41)20-6-2-3-7-20)12-10-22-16-21-8-4-5-9-25(21)35-22/h4-5,8-9,14-17,20,26,28-29,31,35,37-39H,2-3,6-7,10-13,18H2,1H3,(H,34,40)/t26-,28+,29+,31+/m1/s1. The minimum absolute atomic E-state index is 0.0295. The van der Waals surface area contributed by atoms with E-state index >= 15 is 0 Å². The number of aromatic amines is 1. The van der Waals surface area contributed by atoms with E-state index in [-0.39, 0.29) is 31.6 Å². The highest BCUT2D eigenvalue weighted by molar-refractivity contribution is 5.96. The average Bonchev–Trinajstić information content (AvgIpc) is 3.79. The van der Waals surface area contributed by atoms with Gasteiger partial charge in [-0.3, -0.25) is 9.59 Å². The van der Waals surface area contributed by atoms with Gasteiger partial charge in [-0.25, -0.2) is 0 Å². The van der Waals surface area contributed by atoms with Crippen molar-refractivity contribution in [1.29, 1.82) is 0 Å². The Kier molecular flexibility index (Phi) is 8.43. The summed E-state index contributed by atoms with van der Waals surface area (Å²) in [5.41, 5.74) is 3.55. The molecule has 2 heterocycles. The van der Waals surface area contributed by atoms with E-state index < -0.39 is 30.1 Å². The molecule has 6 rings (SSSR count). The Morgan fingerprint density at radius 2 is 1.93 bits per heavy atom. The Morgan fingerprint density at radius 1 is 1.14 bits per heavy atom. The number of benzene rings is 2. The van der Waals surface area contributed by atoms with Crippen molar-refractivity contribution in [3.8, 4) is 11.5 Å². The van der Waals surface area contributed by atoms with Crippen molar-refractivity contribution in [2.75, 3.05) is 26.8 Å². The fourth-order valence-electron chi connectivity index (χ4n) is 6.94. The van der Waals surface area contributed by atoms with Crippen LogP contribution in [-0.2, 0) is 22.6 Å². The molecule has 1 saturated carbocycles. The number of carbonyl (C=O) groups is 2. The van der Waals surface area contributed by atoms with E-state index in [1.54, 1.807) is 23.1 Å². The maximum Gasteiger partial charge on any atom is 0.247 e. The van der Waals surface area contributed by atoms with E-state index in [9.17, 15) is 24.9 Å². The van der Waals surface area contributed by atoms with Crippen molar-refractivity contribution in [3.63, 3.8) is 0 Å². The fourth-order valence-corrected chi connectivity index (χ4v) is 6.94. The van der Waals surface area contributed by atoms with Gasteiger partial charge in [-0.15, -0.1) is 0 Å². The summed E-state index contributed by atoms with van der Waals surface area (Å²) in [5.74, 6) is -0.429. The smallest absolute Gasteiger partial charge is 0.247 e. The molecule has 10 nitrogen and oxygen atoms in total. The lowest BCUT2D eigenvalue weighted by atomic mass is 9.77. The van der Waals surface area contributed by atoms with Gasteiger partial charge in [0.05, 0.1) is 32.3 Å². The second-order valence-electron chi connectivity index (χ2n) is 11.7. The van der Waals surface area contributed by atoms with Crippen molar-refractivity contribution in [3.05, 3.63) is 70.9 Å². The summed E-state index contributed by atoms with van der Waals surface area (Å²) < 4.78 is 11.9. The van der Waals surface area contributed by atoms with Gasteiger partial charge in [-0.1, -0.05) is 31.0 Å². The van der Waals surface area contributed by atoms with Gasteiger partial charge in [-0.05, 0) is 54.1 Å². The number of rotatable bonds is 10. The molecular formula is C33H39N3O7. The van der Waals surface area contributed by atoms with Crippen molar-refractivity contribution >= 4 is 22.7 Å². The molecule has 3 aliphatic rings. The molecule has 1 aromatic heterocycles. The lowest BCUT2D eigenvalue weighted by Crippen LogP contribution is -2.57. The first-order valence-electron chi connectivity index (χ1n) is 15.1. The van der Waals surface area contributed by atoms with Gasteiger partial charge in [0.15, 0.2) is 11.5 Å². The molecule has 5 N–H and O–H groups in total. The maximum atomic E-state index is 14.1. The number of hydrogen-bond donors (Lipinski definition) is 5. The normalized spacial score (nSPS) is 22.9. The lowest BCUT2D eigenvalue weighted by Gasteiger charge is -2.41. The topological polar surface area (TPSA) is 144 Å². The molecule has 0 radical (unpaired) electrons. The number of ether oxygens (including phenoxy) is 2. The number of fused-ring (bicyclic) bond motifs is 4. The number of aliphatic hydroxyl groups is 3. The molecule has 2 amide bonds. The first-order chi connectivity index (χ1) is 20.9. The van der Waals surface area contributed by atoms with Gasteiger partial charge in [0.25, 0.3) is 0 Å². The van der Waals surface area contributed by atoms with Crippen LogP contribution in [0.3, 0.4) is 0 Å². The second-order valence-corrected chi connectivity index (χ2v) is 11.7. The molecule has 0 saturated heterocycles. The first kappa shape index (κ1) is 29.2. The minimum atomic E-state index is -1.14. The largest absolute Gasteiger partial charge is 0.493 e. The third-order valence-corrected chi connectivity index (χ3v) is 9.05. The Balaban J connectivity index is 1.39. The molecule has 43 heavy (non-hydrogen) atoms. The Labute approximate surface area is 250 Å². The van der Waals surface area contributed by atoms with Crippen molar-refractivity contribution in [1.82, 2.24) is 15.2 Å². The van der Waals surface area contributed by atoms with E-state index in [1.165, 1.54) is 7.11 Å². The molecule has 228 valence electrons. The van der Waals surface area contributed by atoms with Crippen molar-refractivity contribution in [2.45, 2.75) is 62.9 Å². The van der Waals surface area contributed by atoms with Gasteiger partial charge < -0.3 is 40.0 Å². The van der Waals surface area contributed by atoms with Crippen molar-refractivity contribution in [2.24, 2.45) is 5.92 Å². The van der Waals surface area contributed by atoms with Crippen LogP contribution in [0.5, 0.6) is 11.5 Å². The number of hydrogen-bond acceptors (Lipinski definition) is 7. The number of para-hydroxylation sites is 1. The molecule has 10 heteroatoms. The van der Waals surface area contributed by atoms with E-state index in [4.69, 9.17) is 9.47 Å². The number of H-pyrrole nitrogens is 1. The highest BCUT2D eigenvalue weighted by Crippen LogP contribution is 2.51. The van der Waals surface area contributed by atoms with Gasteiger partial charge in [0.1, 0.15) is 12.2 Å². The zero-order chi connectivity index (χ0) is 30.1. The van der Waals surface area contributed by atoms with Crippen molar-refractivity contribution < 1.29 is 34.4 Å². The molecule has 3 aromatic rings. The zero-order valence-electron chi connectivity index (χ0n) is 24.3. The number of aromatic nitrogens is 1. The van der Waals surface area contributed by atoms with Gasteiger partial charge in [0.2, 0.25) is 11.8 Å². The molecule has 0 spiro atoms. The SMILES string of the molecule is COc1cc(CO)cc2c1O[C@@H]1[C@@H](O)[C@H](N(CCc3cc4ccccc4[nH]3)C(=O)C3CCCC3)C=C(C(=O)NCCO)[C@H]21. The number of amides is 2. The van der Waals surface area contributed by atoms with Gasteiger partial charge in [0, 0.05) is 47.8 Å². The highest BCUT2D eigenvalue weighted by Gasteiger charge is 2.51. The quantitative estimate of drug-likeness (QED) is 0.245. The number of aliphatic hydroxyl groups excluding tert-OH is 3. The summed E-state index contributed by atoms with van der Waals surface area (Å²) in [6.07, 6.45) is 3.81. The predicted molar refractivity (Wildman–Crippen MR) is 160 cm³/mol. The zero-order valence-corrected chi connectivity index (χ0v) is 24.3. The van der Waals surface area contributed by atoms with Crippen LogP contribution >= 0.6 is 0 Å². The Bertz CT molecular complexity index is 1490. The number of methoxy groups -OCH3 is 1. The van der Waals surface area contributed by atoms with Crippen LogP contribution in [0.1, 0.15) is 48.4 Å². The first-order valence-corrected chi connectivity index (χ1v) is 15.1. The molecule has 0 unspecified atom stereocenters. The number of nitrogens with one attached hydrogen (secondary N) is 2. The molecule has 1 aliphatic heterocycles. The molecule has 0 bridgehead atoms. The second kappa shape index (κ2) is 12.4. The molecule has 2 aliphatic carbocycles. The van der Waals surface area contributed by atoms with Crippen LogP contribution in [0.25, 0.3) is 10.9 Å². The lowest BCUT2D eigenvalue weighted by molar-refractivity contribution is -0.141. The molecule has 2 aromatic carbocycles. The highest BCUT2D eigenvalue weighted by atomic mass is 16.5. The molecule has 4 atom stereocenters. The Hall–Kier alpha value is -3.86. The molecular weight excluding hydrogens is 550 g/mol.